The van der Waals surface area contributed by atoms with Gasteiger partial charge in [0.1, 0.15) is 5.41 Å². The molecule has 0 aromatic heterocycles. The number of carboxylic acids is 1. The summed E-state index contributed by atoms with van der Waals surface area (Å²) in [5, 5.41) is 9.28. The van der Waals surface area contributed by atoms with Gasteiger partial charge in [0, 0.05) is 26.3 Å². The van der Waals surface area contributed by atoms with E-state index in [0.29, 0.717) is 31.0 Å². The third-order valence-corrected chi connectivity index (χ3v) is 3.90. The Kier molecular flexibility index (Phi) is 3.46. The largest absolute Gasteiger partial charge is 0.481 e. The van der Waals surface area contributed by atoms with Gasteiger partial charge in [0.25, 0.3) is 0 Å². The average molecular weight is 281 g/mol. The van der Waals surface area contributed by atoms with E-state index >= 15 is 0 Å². The summed E-state index contributed by atoms with van der Waals surface area (Å²) in [4.78, 5) is 22.9. The summed E-state index contributed by atoms with van der Waals surface area (Å²) >= 11 is 0. The van der Waals surface area contributed by atoms with Crippen molar-refractivity contribution in [3.63, 3.8) is 0 Å². The third-order valence-electron chi connectivity index (χ3n) is 3.90. The maximum absolute atomic E-state index is 12.3. The number of hydrogen-bond acceptors (Lipinski definition) is 3. The van der Waals surface area contributed by atoms with E-state index in [1.807, 2.05) is 0 Å². The summed E-state index contributed by atoms with van der Waals surface area (Å²) in [5.41, 5.74) is -1.25. The van der Waals surface area contributed by atoms with Crippen LogP contribution in [-0.2, 0) is 14.3 Å². The molecule has 2 aliphatic heterocycles. The molecule has 2 fully saturated rings. The van der Waals surface area contributed by atoms with Gasteiger partial charge in [-0.05, 0) is 18.8 Å². The summed E-state index contributed by atoms with van der Waals surface area (Å²) in [6.45, 7) is 0.0799. The highest BCUT2D eigenvalue weighted by Crippen LogP contribution is 2.44. The predicted octanol–water partition coefficient (Wildman–Crippen LogP) is 0.888. The van der Waals surface area contributed by atoms with Crippen LogP contribution in [0, 0.1) is 11.3 Å². The van der Waals surface area contributed by atoms with E-state index < -0.39 is 23.5 Å². The van der Waals surface area contributed by atoms with E-state index in [1.54, 1.807) is 0 Å². The lowest BCUT2D eigenvalue weighted by Crippen LogP contribution is -2.67. The number of rotatable bonds is 2. The van der Waals surface area contributed by atoms with Crippen LogP contribution in [-0.4, -0.2) is 54.4 Å². The van der Waals surface area contributed by atoms with Crippen LogP contribution in [0.1, 0.15) is 12.8 Å². The lowest BCUT2D eigenvalue weighted by Gasteiger charge is -2.52. The minimum Gasteiger partial charge on any atom is -0.481 e. The van der Waals surface area contributed by atoms with Crippen molar-refractivity contribution in [2.24, 2.45) is 11.3 Å². The number of hydrogen-bond donors (Lipinski definition) is 1. The first-order chi connectivity index (χ1) is 8.77. The van der Waals surface area contributed by atoms with Crippen molar-refractivity contribution < 1.29 is 32.6 Å². The maximum Gasteiger partial charge on any atom is 0.471 e. The summed E-state index contributed by atoms with van der Waals surface area (Å²) in [6.07, 6.45) is -3.94. The van der Waals surface area contributed by atoms with Crippen LogP contribution in [0.25, 0.3) is 0 Å². The average Bonchev–Trinajstić information content (AvgIpc) is 2.27. The second-order valence-electron chi connectivity index (χ2n) is 5.01. The second-order valence-corrected chi connectivity index (χ2v) is 5.01. The Balaban J connectivity index is 2.06. The minimum absolute atomic E-state index is 0.240. The summed E-state index contributed by atoms with van der Waals surface area (Å²) < 4.78 is 41.9. The number of ether oxygens (including phenoxy) is 1. The van der Waals surface area contributed by atoms with Crippen molar-refractivity contribution >= 4 is 11.9 Å². The number of likely N-dealkylation sites (tertiary alicyclic amines) is 1. The van der Waals surface area contributed by atoms with Crippen LogP contribution in [0.2, 0.25) is 0 Å². The number of nitrogens with zero attached hydrogens (tertiary/aromatic N) is 1. The lowest BCUT2D eigenvalue weighted by atomic mass is 9.66. The van der Waals surface area contributed by atoms with E-state index in [2.05, 4.69) is 0 Å². The van der Waals surface area contributed by atoms with Gasteiger partial charge in [-0.15, -0.1) is 0 Å². The van der Waals surface area contributed by atoms with Gasteiger partial charge < -0.3 is 14.7 Å². The Hall–Kier alpha value is -1.31. The first-order valence-electron chi connectivity index (χ1n) is 5.94. The Morgan fingerprint density at radius 1 is 1.21 bits per heavy atom. The smallest absolute Gasteiger partial charge is 0.471 e. The molecule has 0 bridgehead atoms. The molecule has 0 atom stereocenters. The first kappa shape index (κ1) is 14.1. The monoisotopic (exact) mass is 281 g/mol. The Morgan fingerprint density at radius 3 is 2.16 bits per heavy atom. The fraction of sp³-hybridized carbons (Fsp3) is 0.818. The molecular formula is C11H14F3NO4. The summed E-state index contributed by atoms with van der Waals surface area (Å²) in [7, 11) is 0. The zero-order valence-corrected chi connectivity index (χ0v) is 10.1. The second kappa shape index (κ2) is 4.66. The number of carbonyl (C=O) groups excluding carboxylic acids is 1. The molecule has 108 valence electrons. The van der Waals surface area contributed by atoms with E-state index in [1.165, 1.54) is 0 Å². The number of carbonyl (C=O) groups is 2. The number of amides is 1. The highest BCUT2D eigenvalue weighted by Gasteiger charge is 2.59. The van der Waals surface area contributed by atoms with Gasteiger partial charge in [-0.1, -0.05) is 0 Å². The third kappa shape index (κ3) is 2.41. The van der Waals surface area contributed by atoms with Crippen molar-refractivity contribution in [3.05, 3.63) is 0 Å². The molecule has 0 aliphatic carbocycles. The minimum atomic E-state index is -4.94. The van der Waals surface area contributed by atoms with Gasteiger partial charge in [-0.2, -0.15) is 13.2 Å². The topological polar surface area (TPSA) is 66.8 Å². The first-order valence-corrected chi connectivity index (χ1v) is 5.94. The molecule has 0 saturated carbocycles. The van der Waals surface area contributed by atoms with Gasteiger partial charge in [0.2, 0.25) is 0 Å². The molecule has 0 aromatic carbocycles. The van der Waals surface area contributed by atoms with Crippen molar-refractivity contribution in [1.29, 1.82) is 0 Å². The van der Waals surface area contributed by atoms with Crippen LogP contribution in [0.4, 0.5) is 13.2 Å². The lowest BCUT2D eigenvalue weighted by molar-refractivity contribution is -0.205. The van der Waals surface area contributed by atoms with Crippen LogP contribution in [0.15, 0.2) is 0 Å². The molecule has 0 aromatic rings. The highest BCUT2D eigenvalue weighted by molar-refractivity contribution is 5.86. The molecule has 0 radical (unpaired) electrons. The van der Waals surface area contributed by atoms with Gasteiger partial charge >= 0.3 is 18.1 Å². The molecule has 2 heterocycles. The van der Waals surface area contributed by atoms with Gasteiger partial charge in [0.05, 0.1) is 0 Å². The van der Waals surface area contributed by atoms with E-state index in [9.17, 15) is 27.9 Å². The maximum atomic E-state index is 12.3. The molecule has 2 rings (SSSR count). The fourth-order valence-electron chi connectivity index (χ4n) is 2.78. The van der Waals surface area contributed by atoms with Crippen molar-refractivity contribution in [2.75, 3.05) is 26.3 Å². The number of carboxylic acid groups (broad SMARTS) is 1. The van der Waals surface area contributed by atoms with E-state index in [-0.39, 0.29) is 19.0 Å². The molecule has 0 unspecified atom stereocenters. The molecule has 5 nitrogen and oxygen atoms in total. The van der Waals surface area contributed by atoms with Crippen molar-refractivity contribution in [3.8, 4) is 0 Å². The highest BCUT2D eigenvalue weighted by atomic mass is 19.4. The zero-order chi connectivity index (χ0) is 14.3. The van der Waals surface area contributed by atoms with E-state index in [0.717, 1.165) is 0 Å². The molecule has 0 spiro atoms. The van der Waals surface area contributed by atoms with Crippen LogP contribution in [0.5, 0.6) is 0 Å². The fourth-order valence-corrected chi connectivity index (χ4v) is 2.78. The van der Waals surface area contributed by atoms with Gasteiger partial charge in [0.15, 0.2) is 0 Å². The van der Waals surface area contributed by atoms with Crippen molar-refractivity contribution in [1.82, 2.24) is 4.90 Å². The molecule has 1 amide bonds. The van der Waals surface area contributed by atoms with Crippen molar-refractivity contribution in [2.45, 2.75) is 19.0 Å². The number of alkyl halides is 3. The molecule has 19 heavy (non-hydrogen) atoms. The van der Waals surface area contributed by atoms with Crippen LogP contribution in [0.3, 0.4) is 0 Å². The molecule has 8 heteroatoms. The number of aliphatic carboxylic acids is 1. The van der Waals surface area contributed by atoms with E-state index in [4.69, 9.17) is 4.74 Å². The SMILES string of the molecule is O=C(N1CC(C(=O)O)(C2CCOCC2)C1)C(F)(F)F. The standard InChI is InChI=1S/C11H14F3NO4/c12-11(13,14)8(16)15-5-10(6-15,9(17)18)7-1-3-19-4-2-7/h7H,1-6H2,(H,17,18). The van der Waals surface area contributed by atoms with Gasteiger partial charge in [-0.3, -0.25) is 9.59 Å². The molecule has 1 N–H and O–H groups in total. The van der Waals surface area contributed by atoms with Crippen LogP contribution < -0.4 is 0 Å². The predicted molar refractivity (Wildman–Crippen MR) is 56.2 cm³/mol. The number of halogens is 3. The molecule has 2 saturated heterocycles. The zero-order valence-electron chi connectivity index (χ0n) is 10.1. The Bertz CT molecular complexity index is 384. The molecule has 2 aliphatic rings. The molecular weight excluding hydrogens is 267 g/mol. The quantitative estimate of drug-likeness (QED) is 0.816. The van der Waals surface area contributed by atoms with Crippen LogP contribution >= 0.6 is 0 Å². The Morgan fingerprint density at radius 2 is 1.74 bits per heavy atom. The normalized spacial score (nSPS) is 23.8. The van der Waals surface area contributed by atoms with Gasteiger partial charge in [-0.25, -0.2) is 0 Å². The Labute approximate surface area is 107 Å². The summed E-state index contributed by atoms with van der Waals surface area (Å²) in [5.74, 6) is -3.34. The summed E-state index contributed by atoms with van der Waals surface area (Å²) in [6, 6.07) is 0.